The molecule has 0 atom stereocenters. The summed E-state index contributed by atoms with van der Waals surface area (Å²) < 4.78 is 5.62. The monoisotopic (exact) mass is 399 g/mol. The van der Waals surface area contributed by atoms with Crippen LogP contribution in [-0.2, 0) is 17.8 Å². The molecule has 0 saturated carbocycles. The predicted octanol–water partition coefficient (Wildman–Crippen LogP) is 3.24. The summed E-state index contributed by atoms with van der Waals surface area (Å²) in [5.41, 5.74) is 4.43. The van der Waals surface area contributed by atoms with Crippen molar-refractivity contribution in [3.05, 3.63) is 77.0 Å². The van der Waals surface area contributed by atoms with Crippen LogP contribution in [0.5, 0.6) is 5.88 Å². The Morgan fingerprint density at radius 3 is 2.83 bits per heavy atom. The van der Waals surface area contributed by atoms with Crippen molar-refractivity contribution in [1.29, 1.82) is 5.26 Å². The number of ether oxygens (including phenoxy) is 1. The predicted molar refractivity (Wildman–Crippen MR) is 113 cm³/mol. The van der Waals surface area contributed by atoms with Crippen molar-refractivity contribution in [2.45, 2.75) is 19.9 Å². The SMILES string of the molecule is Cc1cc(OCC(=O)Nc2cccc(C#N)c2)nc(N2CCc3ccccc3C2)n1. The zero-order valence-corrected chi connectivity index (χ0v) is 16.6. The summed E-state index contributed by atoms with van der Waals surface area (Å²) in [6.07, 6.45) is 0.938. The number of aryl methyl sites for hydroxylation is 1. The number of benzene rings is 2. The molecular formula is C23H21N5O2. The highest BCUT2D eigenvalue weighted by Crippen LogP contribution is 2.23. The molecule has 1 N–H and O–H groups in total. The number of hydrogen-bond acceptors (Lipinski definition) is 6. The number of nitriles is 1. The number of fused-ring (bicyclic) bond motifs is 1. The molecule has 150 valence electrons. The molecule has 0 saturated heterocycles. The summed E-state index contributed by atoms with van der Waals surface area (Å²) in [5, 5.41) is 11.7. The Morgan fingerprint density at radius 1 is 1.17 bits per heavy atom. The van der Waals surface area contributed by atoms with E-state index in [1.54, 1.807) is 30.3 Å². The Balaban J connectivity index is 1.41. The van der Waals surface area contributed by atoms with Crippen molar-refractivity contribution in [3.8, 4) is 11.9 Å². The van der Waals surface area contributed by atoms with Gasteiger partial charge in [0.15, 0.2) is 6.61 Å². The van der Waals surface area contributed by atoms with E-state index in [0.717, 1.165) is 25.2 Å². The smallest absolute Gasteiger partial charge is 0.262 e. The van der Waals surface area contributed by atoms with Crippen molar-refractivity contribution in [1.82, 2.24) is 9.97 Å². The Kier molecular flexibility index (Phi) is 5.57. The molecule has 2 heterocycles. The second-order valence-corrected chi connectivity index (χ2v) is 7.12. The number of anilines is 2. The Bertz CT molecular complexity index is 1120. The molecule has 1 aliphatic rings. The van der Waals surface area contributed by atoms with E-state index in [2.05, 4.69) is 38.4 Å². The number of rotatable bonds is 5. The van der Waals surface area contributed by atoms with E-state index < -0.39 is 0 Å². The Labute approximate surface area is 175 Å². The largest absolute Gasteiger partial charge is 0.467 e. The Hall–Kier alpha value is -3.92. The second-order valence-electron chi connectivity index (χ2n) is 7.12. The molecule has 0 unspecified atom stereocenters. The van der Waals surface area contributed by atoms with Crippen LogP contribution in [0.15, 0.2) is 54.6 Å². The van der Waals surface area contributed by atoms with Gasteiger partial charge in [-0.2, -0.15) is 10.2 Å². The minimum Gasteiger partial charge on any atom is -0.467 e. The number of hydrogen-bond donors (Lipinski definition) is 1. The van der Waals surface area contributed by atoms with Crippen molar-refractivity contribution >= 4 is 17.5 Å². The molecule has 0 bridgehead atoms. The van der Waals surface area contributed by atoms with E-state index in [0.29, 0.717) is 23.1 Å². The molecule has 7 heteroatoms. The zero-order valence-electron chi connectivity index (χ0n) is 16.6. The highest BCUT2D eigenvalue weighted by Gasteiger charge is 2.19. The second kappa shape index (κ2) is 8.62. The lowest BCUT2D eigenvalue weighted by molar-refractivity contribution is -0.118. The van der Waals surface area contributed by atoms with Crippen LogP contribution in [0.25, 0.3) is 0 Å². The van der Waals surface area contributed by atoms with Gasteiger partial charge in [-0.05, 0) is 42.7 Å². The van der Waals surface area contributed by atoms with Crippen molar-refractivity contribution in [3.63, 3.8) is 0 Å². The van der Waals surface area contributed by atoms with Gasteiger partial charge < -0.3 is 15.0 Å². The van der Waals surface area contributed by atoms with Crippen LogP contribution in [0.1, 0.15) is 22.4 Å². The quantitative estimate of drug-likeness (QED) is 0.708. The molecular weight excluding hydrogens is 378 g/mol. The van der Waals surface area contributed by atoms with Crippen LogP contribution in [0.3, 0.4) is 0 Å². The average molecular weight is 399 g/mol. The van der Waals surface area contributed by atoms with Crippen LogP contribution in [-0.4, -0.2) is 29.0 Å². The molecule has 0 spiro atoms. The van der Waals surface area contributed by atoms with Gasteiger partial charge in [0.05, 0.1) is 11.6 Å². The number of amides is 1. The first-order valence-electron chi connectivity index (χ1n) is 9.71. The van der Waals surface area contributed by atoms with Gasteiger partial charge in [-0.25, -0.2) is 4.98 Å². The zero-order chi connectivity index (χ0) is 20.9. The molecule has 1 aromatic heterocycles. The first-order chi connectivity index (χ1) is 14.6. The fourth-order valence-corrected chi connectivity index (χ4v) is 3.41. The molecule has 0 aliphatic carbocycles. The normalized spacial score (nSPS) is 12.6. The third-order valence-electron chi connectivity index (χ3n) is 4.86. The topological polar surface area (TPSA) is 91.1 Å². The van der Waals surface area contributed by atoms with Gasteiger partial charge in [0, 0.05) is 30.5 Å². The molecule has 1 aliphatic heterocycles. The van der Waals surface area contributed by atoms with Gasteiger partial charge in [-0.1, -0.05) is 30.3 Å². The van der Waals surface area contributed by atoms with E-state index in [1.165, 1.54) is 11.1 Å². The average Bonchev–Trinajstić information content (AvgIpc) is 2.77. The van der Waals surface area contributed by atoms with Gasteiger partial charge in [-0.3, -0.25) is 4.79 Å². The van der Waals surface area contributed by atoms with Crippen molar-refractivity contribution < 1.29 is 9.53 Å². The van der Waals surface area contributed by atoms with E-state index in [9.17, 15) is 4.79 Å². The maximum absolute atomic E-state index is 12.2. The number of carbonyl (C=O) groups is 1. The first kappa shape index (κ1) is 19.4. The van der Waals surface area contributed by atoms with Crippen molar-refractivity contribution in [2.75, 3.05) is 23.4 Å². The van der Waals surface area contributed by atoms with E-state index >= 15 is 0 Å². The number of aromatic nitrogens is 2. The molecule has 0 radical (unpaired) electrons. The van der Waals surface area contributed by atoms with Crippen molar-refractivity contribution in [2.24, 2.45) is 0 Å². The van der Waals surface area contributed by atoms with E-state index in [-0.39, 0.29) is 12.5 Å². The lowest BCUT2D eigenvalue weighted by Crippen LogP contribution is -2.32. The summed E-state index contributed by atoms with van der Waals surface area (Å²) in [5.74, 6) is 0.633. The fourth-order valence-electron chi connectivity index (χ4n) is 3.41. The van der Waals surface area contributed by atoms with Gasteiger partial charge >= 0.3 is 0 Å². The number of carbonyl (C=O) groups excluding carboxylic acids is 1. The van der Waals surface area contributed by atoms with E-state index in [1.807, 2.05) is 19.1 Å². The lowest BCUT2D eigenvalue weighted by atomic mass is 10.0. The van der Waals surface area contributed by atoms with Gasteiger partial charge in [0.1, 0.15) is 0 Å². The Morgan fingerprint density at radius 2 is 2.00 bits per heavy atom. The minimum absolute atomic E-state index is 0.185. The molecule has 0 fully saturated rings. The summed E-state index contributed by atoms with van der Waals surface area (Å²) in [4.78, 5) is 23.4. The molecule has 2 aromatic carbocycles. The van der Waals surface area contributed by atoms with Crippen LogP contribution < -0.4 is 15.0 Å². The molecule has 3 aromatic rings. The highest BCUT2D eigenvalue weighted by atomic mass is 16.5. The third-order valence-corrected chi connectivity index (χ3v) is 4.86. The minimum atomic E-state index is -0.324. The first-order valence-corrected chi connectivity index (χ1v) is 9.71. The molecule has 30 heavy (non-hydrogen) atoms. The van der Waals surface area contributed by atoms with E-state index in [4.69, 9.17) is 10.00 Å². The standard InChI is InChI=1S/C23H21N5O2/c1-16-11-22(30-15-21(29)26-20-8-4-5-17(12-20)13-24)27-23(25-16)28-10-9-18-6-2-3-7-19(18)14-28/h2-8,11-12H,9-10,14-15H2,1H3,(H,26,29). The van der Waals surface area contributed by atoms with Gasteiger partial charge in [-0.15, -0.1) is 0 Å². The summed E-state index contributed by atoms with van der Waals surface area (Å²) in [6.45, 7) is 3.27. The van der Waals surface area contributed by atoms with Gasteiger partial charge in [0.25, 0.3) is 5.91 Å². The summed E-state index contributed by atoms with van der Waals surface area (Å²) in [6, 6.07) is 18.9. The maximum Gasteiger partial charge on any atom is 0.262 e. The van der Waals surface area contributed by atoms with Crippen LogP contribution in [0, 0.1) is 18.3 Å². The van der Waals surface area contributed by atoms with Gasteiger partial charge in [0.2, 0.25) is 11.8 Å². The maximum atomic E-state index is 12.2. The molecule has 4 rings (SSSR count). The highest BCUT2D eigenvalue weighted by molar-refractivity contribution is 5.92. The summed E-state index contributed by atoms with van der Waals surface area (Å²) >= 11 is 0. The molecule has 7 nitrogen and oxygen atoms in total. The van der Waals surface area contributed by atoms with Crippen LogP contribution in [0.4, 0.5) is 11.6 Å². The fraction of sp³-hybridized carbons (Fsp3) is 0.217. The third kappa shape index (κ3) is 4.55. The molecule has 1 amide bonds. The number of nitrogens with one attached hydrogen (secondary N) is 1. The lowest BCUT2D eigenvalue weighted by Gasteiger charge is -2.29. The van der Waals surface area contributed by atoms with Crippen LogP contribution >= 0.6 is 0 Å². The number of nitrogens with zero attached hydrogens (tertiary/aromatic N) is 4. The van der Waals surface area contributed by atoms with Crippen LogP contribution in [0.2, 0.25) is 0 Å². The summed E-state index contributed by atoms with van der Waals surface area (Å²) in [7, 11) is 0.